The van der Waals surface area contributed by atoms with E-state index < -0.39 is 26.5 Å². The first-order valence-electron chi connectivity index (χ1n) is 32.2. The van der Waals surface area contributed by atoms with E-state index in [1.165, 1.54) is 283 Å². The summed E-state index contributed by atoms with van der Waals surface area (Å²) in [6, 6.07) is 0. The molecule has 0 fully saturated rings. The van der Waals surface area contributed by atoms with E-state index in [-0.39, 0.29) is 38.6 Å². The highest BCUT2D eigenvalue weighted by molar-refractivity contribution is 7.47. The number of phosphoric ester groups is 1. The average molecular weight is 1050 g/mol. The summed E-state index contributed by atoms with van der Waals surface area (Å²) in [5.74, 6) is -0.806. The number of carbonyl (C=O) groups is 2. The Balaban J connectivity index is 3.85. The van der Waals surface area contributed by atoms with Gasteiger partial charge in [-0.2, -0.15) is 0 Å². The van der Waals surface area contributed by atoms with Crippen molar-refractivity contribution in [1.29, 1.82) is 0 Å². The molecule has 0 radical (unpaired) electrons. The van der Waals surface area contributed by atoms with Gasteiger partial charge in [-0.25, -0.2) is 4.57 Å². The number of hydrogen-bond donors (Lipinski definition) is 2. The third-order valence-electron chi connectivity index (χ3n) is 14.7. The first kappa shape index (κ1) is 71.8. The molecule has 2 atom stereocenters. The number of rotatable bonds is 62. The predicted octanol–water partition coefficient (Wildman–Crippen LogP) is 20.4. The topological polar surface area (TPSA) is 134 Å². The maximum Gasteiger partial charge on any atom is 0.472 e. The van der Waals surface area contributed by atoms with E-state index in [9.17, 15) is 19.0 Å². The normalized spacial score (nSPS) is 13.0. The van der Waals surface area contributed by atoms with E-state index >= 15 is 0 Å². The van der Waals surface area contributed by atoms with Gasteiger partial charge in [0.05, 0.1) is 13.2 Å². The molecule has 0 aromatic heterocycles. The summed E-state index contributed by atoms with van der Waals surface area (Å²) in [4.78, 5) is 35.3. The highest BCUT2D eigenvalue weighted by Crippen LogP contribution is 2.43. The Kier molecular flexibility index (Phi) is 59.0. The van der Waals surface area contributed by atoms with Crippen LogP contribution in [-0.2, 0) is 32.7 Å². The summed E-state index contributed by atoms with van der Waals surface area (Å²) < 4.78 is 33.1. The van der Waals surface area contributed by atoms with Gasteiger partial charge < -0.3 is 20.1 Å². The molecule has 0 rings (SSSR count). The Hall–Kier alpha value is -1.25. The first-order valence-corrected chi connectivity index (χ1v) is 33.7. The van der Waals surface area contributed by atoms with Gasteiger partial charge in [0, 0.05) is 19.4 Å². The quantitative estimate of drug-likeness (QED) is 0.0264. The van der Waals surface area contributed by atoms with Gasteiger partial charge in [-0.15, -0.1) is 0 Å². The number of esters is 2. The molecule has 0 saturated heterocycles. The van der Waals surface area contributed by atoms with Crippen LogP contribution >= 0.6 is 7.82 Å². The van der Waals surface area contributed by atoms with E-state index in [0.717, 1.165) is 32.1 Å². The van der Waals surface area contributed by atoms with Crippen molar-refractivity contribution in [1.82, 2.24) is 0 Å². The fourth-order valence-corrected chi connectivity index (χ4v) is 10.6. The Morgan fingerprint density at radius 2 is 0.671 bits per heavy atom. The number of unbranched alkanes of at least 4 members (excludes halogenated alkanes) is 47. The second-order valence-corrected chi connectivity index (χ2v) is 23.4. The zero-order valence-electron chi connectivity index (χ0n) is 48.7. The number of nitrogens with two attached hydrogens (primary N) is 1. The van der Waals surface area contributed by atoms with E-state index in [0.29, 0.717) is 6.42 Å². The Morgan fingerprint density at radius 1 is 0.397 bits per heavy atom. The van der Waals surface area contributed by atoms with Crippen molar-refractivity contribution in [2.24, 2.45) is 5.73 Å². The predicted molar refractivity (Wildman–Crippen MR) is 312 cm³/mol. The van der Waals surface area contributed by atoms with Crippen LogP contribution in [0.4, 0.5) is 0 Å². The molecule has 0 aromatic rings. The van der Waals surface area contributed by atoms with Crippen LogP contribution in [0.25, 0.3) is 0 Å². The highest BCUT2D eigenvalue weighted by atomic mass is 31.2. The van der Waals surface area contributed by atoms with Gasteiger partial charge in [0.2, 0.25) is 0 Å². The standard InChI is InChI=1S/C63H124NO8P/c1-3-5-7-9-11-13-15-17-19-21-23-25-27-28-29-30-31-32-34-35-37-39-41-43-45-47-49-51-53-55-62(65)69-59-61(60-71-73(67,68)70-58-57-64)72-63(66)56-54-52-50-48-46-44-42-40-38-36-33-26-24-22-20-18-16-14-12-10-8-6-4-2/h22,24,61H,3-21,23,25-60,64H2,1-2H3,(H,67,68)/b24-22-. The van der Waals surface area contributed by atoms with E-state index in [1.54, 1.807) is 0 Å². The number of carbonyl (C=O) groups excluding carboxylic acids is 2. The Bertz CT molecular complexity index is 1200. The Morgan fingerprint density at radius 3 is 0.973 bits per heavy atom. The Labute approximate surface area is 453 Å². The van der Waals surface area contributed by atoms with Crippen LogP contribution in [0.3, 0.4) is 0 Å². The van der Waals surface area contributed by atoms with Crippen LogP contribution in [0.15, 0.2) is 12.2 Å². The van der Waals surface area contributed by atoms with Crippen LogP contribution < -0.4 is 5.73 Å². The third-order valence-corrected chi connectivity index (χ3v) is 15.6. The minimum Gasteiger partial charge on any atom is -0.462 e. The molecule has 0 aromatic carbocycles. The smallest absolute Gasteiger partial charge is 0.462 e. The molecule has 3 N–H and O–H groups in total. The largest absolute Gasteiger partial charge is 0.472 e. The number of phosphoric acid groups is 1. The molecule has 0 aliphatic rings. The summed E-state index contributed by atoms with van der Waals surface area (Å²) in [6.45, 7) is 3.82. The summed E-state index contributed by atoms with van der Waals surface area (Å²) in [5, 5.41) is 0. The zero-order chi connectivity index (χ0) is 53.1. The lowest BCUT2D eigenvalue weighted by atomic mass is 10.0. The number of hydrogen-bond acceptors (Lipinski definition) is 8. The SMILES string of the molecule is CCCCCCCCCC/C=C\CCCCCCCCCCCCCC(=O)OC(COC(=O)CCCCCCCCCCCCCCCCCCCCCCCCCCCCCCC)COP(=O)(O)OCCN. The molecule has 2 unspecified atom stereocenters. The second kappa shape index (κ2) is 60.0. The van der Waals surface area contributed by atoms with Gasteiger partial charge in [-0.3, -0.25) is 18.6 Å². The molecule has 434 valence electrons. The van der Waals surface area contributed by atoms with Crippen molar-refractivity contribution in [2.75, 3.05) is 26.4 Å². The monoisotopic (exact) mass is 1050 g/mol. The molecule has 73 heavy (non-hydrogen) atoms. The molecule has 0 heterocycles. The lowest BCUT2D eigenvalue weighted by Crippen LogP contribution is -2.29. The maximum absolute atomic E-state index is 12.7. The fraction of sp³-hybridized carbons (Fsp3) is 0.937. The van der Waals surface area contributed by atoms with E-state index in [1.807, 2.05) is 0 Å². The molecule has 9 nitrogen and oxygen atoms in total. The van der Waals surface area contributed by atoms with Gasteiger partial charge >= 0.3 is 19.8 Å². The molecule has 0 spiro atoms. The lowest BCUT2D eigenvalue weighted by Gasteiger charge is -2.19. The molecule has 0 saturated carbocycles. The summed E-state index contributed by atoms with van der Waals surface area (Å²) >= 11 is 0. The van der Waals surface area contributed by atoms with E-state index in [2.05, 4.69) is 26.0 Å². The van der Waals surface area contributed by atoms with Gasteiger partial charge in [-0.1, -0.05) is 309 Å². The molecule has 0 bridgehead atoms. The van der Waals surface area contributed by atoms with Crippen molar-refractivity contribution >= 4 is 19.8 Å². The summed E-state index contributed by atoms with van der Waals surface area (Å²) in [7, 11) is -4.38. The van der Waals surface area contributed by atoms with E-state index in [4.69, 9.17) is 24.3 Å². The molecular formula is C63H124NO8P. The van der Waals surface area contributed by atoms with Gasteiger partial charge in [0.1, 0.15) is 6.61 Å². The van der Waals surface area contributed by atoms with Crippen molar-refractivity contribution in [3.63, 3.8) is 0 Å². The third kappa shape index (κ3) is 59.8. The number of ether oxygens (including phenoxy) is 2. The molecule has 0 aliphatic carbocycles. The lowest BCUT2D eigenvalue weighted by molar-refractivity contribution is -0.161. The number of allylic oxidation sites excluding steroid dienone is 2. The summed E-state index contributed by atoms with van der Waals surface area (Å²) in [5.41, 5.74) is 5.39. The molecule has 10 heteroatoms. The van der Waals surface area contributed by atoms with Crippen LogP contribution in [0, 0.1) is 0 Å². The fourth-order valence-electron chi connectivity index (χ4n) is 9.87. The van der Waals surface area contributed by atoms with Crippen LogP contribution in [0.2, 0.25) is 0 Å². The highest BCUT2D eigenvalue weighted by Gasteiger charge is 2.26. The van der Waals surface area contributed by atoms with Crippen molar-refractivity contribution < 1.29 is 37.6 Å². The summed E-state index contributed by atoms with van der Waals surface area (Å²) in [6.07, 6.45) is 70.1. The average Bonchev–Trinajstić information content (AvgIpc) is 3.38. The van der Waals surface area contributed by atoms with Crippen LogP contribution in [0.5, 0.6) is 0 Å². The minimum atomic E-state index is -4.38. The second-order valence-electron chi connectivity index (χ2n) is 22.0. The first-order chi connectivity index (χ1) is 35.8. The van der Waals surface area contributed by atoms with Crippen molar-refractivity contribution in [3.8, 4) is 0 Å². The van der Waals surface area contributed by atoms with Crippen LogP contribution in [0.1, 0.15) is 348 Å². The molecule has 0 aliphatic heterocycles. The molecule has 0 amide bonds. The van der Waals surface area contributed by atoms with Gasteiger partial charge in [0.25, 0.3) is 0 Å². The van der Waals surface area contributed by atoms with Gasteiger partial charge in [-0.05, 0) is 38.5 Å². The zero-order valence-corrected chi connectivity index (χ0v) is 49.6. The molecular weight excluding hydrogens is 930 g/mol. The maximum atomic E-state index is 12.7. The van der Waals surface area contributed by atoms with Gasteiger partial charge in [0.15, 0.2) is 6.10 Å². The minimum absolute atomic E-state index is 0.0569. The van der Waals surface area contributed by atoms with Crippen LogP contribution in [-0.4, -0.2) is 49.3 Å². The van der Waals surface area contributed by atoms with Crippen molar-refractivity contribution in [3.05, 3.63) is 12.2 Å². The van der Waals surface area contributed by atoms with Crippen molar-refractivity contribution in [2.45, 2.75) is 354 Å².